The Hall–Kier alpha value is -2.34. The fourth-order valence-electron chi connectivity index (χ4n) is 3.45. The van der Waals surface area contributed by atoms with Crippen LogP contribution in [0.15, 0.2) is 24.5 Å². The number of aromatic nitrogens is 4. The second-order valence-corrected chi connectivity index (χ2v) is 6.47. The Morgan fingerprint density at radius 1 is 1.36 bits per heavy atom. The molecular weight excluding hydrogens is 338 g/mol. The highest BCUT2D eigenvalue weighted by Gasteiger charge is 2.23. The third-order valence-electron chi connectivity index (χ3n) is 4.80. The highest BCUT2D eigenvalue weighted by Crippen LogP contribution is 2.27. The molecule has 1 N–H and O–H groups in total. The number of nitrogens with zero attached hydrogens (tertiary/aromatic N) is 4. The number of rotatable bonds is 3. The van der Waals surface area contributed by atoms with Crippen LogP contribution in [0, 0.1) is 6.92 Å². The number of imidazole rings is 1. The molecule has 1 aliphatic heterocycles. The lowest BCUT2D eigenvalue weighted by Crippen LogP contribution is -2.27. The van der Waals surface area contributed by atoms with E-state index < -0.39 is 0 Å². The zero-order chi connectivity index (χ0) is 16.7. The summed E-state index contributed by atoms with van der Waals surface area (Å²) < 4.78 is 2.01. The predicted octanol–water partition coefficient (Wildman–Crippen LogP) is 3.10. The average molecular weight is 360 g/mol. The van der Waals surface area contributed by atoms with E-state index in [0.717, 1.165) is 41.7 Å². The SMILES string of the molecule is Cc1nc[nH]c1CN(C)C(=O)c1nn2c3c(cccc13)CCCC2.Cl. The number of hydrogen-bond acceptors (Lipinski definition) is 3. The number of halogens is 1. The molecule has 0 spiro atoms. The Balaban J connectivity index is 0.00000182. The lowest BCUT2D eigenvalue weighted by molar-refractivity contribution is 0.0778. The highest BCUT2D eigenvalue weighted by molar-refractivity contribution is 6.05. The number of carbonyl (C=O) groups excluding carboxylic acids is 1. The van der Waals surface area contributed by atoms with Crippen LogP contribution in [-0.2, 0) is 19.5 Å². The van der Waals surface area contributed by atoms with E-state index in [2.05, 4.69) is 21.1 Å². The molecule has 2 aromatic heterocycles. The maximum atomic E-state index is 13.0. The van der Waals surface area contributed by atoms with Crippen molar-refractivity contribution >= 4 is 29.2 Å². The van der Waals surface area contributed by atoms with Crippen molar-refractivity contribution in [3.8, 4) is 0 Å². The van der Waals surface area contributed by atoms with Gasteiger partial charge in [0.15, 0.2) is 5.69 Å². The van der Waals surface area contributed by atoms with Gasteiger partial charge < -0.3 is 9.88 Å². The van der Waals surface area contributed by atoms with E-state index in [-0.39, 0.29) is 18.3 Å². The minimum Gasteiger partial charge on any atom is -0.347 e. The number of carbonyl (C=O) groups is 1. The van der Waals surface area contributed by atoms with Gasteiger partial charge in [0.05, 0.1) is 29.8 Å². The van der Waals surface area contributed by atoms with Crippen LogP contribution in [0.3, 0.4) is 0 Å². The number of para-hydroxylation sites is 1. The highest BCUT2D eigenvalue weighted by atomic mass is 35.5. The van der Waals surface area contributed by atoms with Crippen molar-refractivity contribution in [2.75, 3.05) is 7.05 Å². The van der Waals surface area contributed by atoms with Crippen molar-refractivity contribution in [3.63, 3.8) is 0 Å². The summed E-state index contributed by atoms with van der Waals surface area (Å²) in [5.41, 5.74) is 4.85. The molecule has 132 valence electrons. The van der Waals surface area contributed by atoms with Crippen LogP contribution < -0.4 is 0 Å². The molecular formula is C18H22ClN5O. The molecule has 0 atom stereocenters. The summed E-state index contributed by atoms with van der Waals surface area (Å²) in [4.78, 5) is 21.9. The fourth-order valence-corrected chi connectivity index (χ4v) is 3.45. The van der Waals surface area contributed by atoms with Gasteiger partial charge in [-0.15, -0.1) is 12.4 Å². The van der Waals surface area contributed by atoms with E-state index in [1.807, 2.05) is 30.8 Å². The third kappa shape index (κ3) is 3.02. The molecule has 7 heteroatoms. The largest absolute Gasteiger partial charge is 0.347 e. The summed E-state index contributed by atoms with van der Waals surface area (Å²) >= 11 is 0. The molecule has 0 bridgehead atoms. The average Bonchev–Trinajstić information content (AvgIpc) is 3.08. The molecule has 1 aliphatic rings. The topological polar surface area (TPSA) is 66.8 Å². The molecule has 0 unspecified atom stereocenters. The maximum Gasteiger partial charge on any atom is 0.275 e. The molecule has 3 aromatic rings. The lowest BCUT2D eigenvalue weighted by Gasteiger charge is -2.15. The van der Waals surface area contributed by atoms with Gasteiger partial charge in [-0.25, -0.2) is 4.98 Å². The Bertz CT molecular complexity index is 913. The van der Waals surface area contributed by atoms with E-state index >= 15 is 0 Å². The minimum absolute atomic E-state index is 0. The molecule has 0 saturated carbocycles. The van der Waals surface area contributed by atoms with Gasteiger partial charge >= 0.3 is 0 Å². The predicted molar refractivity (Wildman–Crippen MR) is 99.0 cm³/mol. The maximum absolute atomic E-state index is 13.0. The first-order valence-corrected chi connectivity index (χ1v) is 8.38. The summed E-state index contributed by atoms with van der Waals surface area (Å²) in [5.74, 6) is -0.0505. The number of nitrogens with one attached hydrogen (secondary N) is 1. The zero-order valence-electron chi connectivity index (χ0n) is 14.5. The fraction of sp³-hybridized carbons (Fsp3) is 0.389. The van der Waals surface area contributed by atoms with Crippen LogP contribution in [-0.4, -0.2) is 37.6 Å². The molecule has 0 saturated heterocycles. The van der Waals surface area contributed by atoms with Gasteiger partial charge in [0.25, 0.3) is 5.91 Å². The van der Waals surface area contributed by atoms with E-state index in [0.29, 0.717) is 12.2 Å². The standard InChI is InChI=1S/C18H21N5O.ClH/c1-12-15(20-11-19-12)10-22(2)18(24)16-14-8-5-7-13-6-3-4-9-23(21-16)17(13)14;/h5,7-8,11H,3-4,6,9-10H2,1-2H3,(H,19,20);1H. The Labute approximate surface area is 152 Å². The van der Waals surface area contributed by atoms with E-state index in [1.54, 1.807) is 11.2 Å². The van der Waals surface area contributed by atoms with Gasteiger partial charge in [-0.05, 0) is 31.7 Å². The quantitative estimate of drug-likeness (QED) is 0.781. The van der Waals surface area contributed by atoms with E-state index in [9.17, 15) is 4.79 Å². The van der Waals surface area contributed by atoms with Crippen molar-refractivity contribution < 1.29 is 4.79 Å². The van der Waals surface area contributed by atoms with Gasteiger partial charge in [-0.3, -0.25) is 9.48 Å². The summed E-state index contributed by atoms with van der Waals surface area (Å²) in [6.45, 7) is 3.31. The number of benzene rings is 1. The van der Waals surface area contributed by atoms with Crippen LogP contribution in [0.25, 0.3) is 10.9 Å². The van der Waals surface area contributed by atoms with Crippen LogP contribution in [0.5, 0.6) is 0 Å². The monoisotopic (exact) mass is 359 g/mol. The summed E-state index contributed by atoms with van der Waals surface area (Å²) in [6.07, 6.45) is 4.98. The van der Waals surface area contributed by atoms with Crippen molar-refractivity contribution in [1.29, 1.82) is 0 Å². The molecule has 0 aliphatic carbocycles. The summed E-state index contributed by atoms with van der Waals surface area (Å²) in [7, 11) is 1.81. The molecule has 1 aromatic carbocycles. The number of amides is 1. The molecule has 0 fully saturated rings. The van der Waals surface area contributed by atoms with Gasteiger partial charge in [0.2, 0.25) is 0 Å². The normalized spacial score (nSPS) is 13.4. The van der Waals surface area contributed by atoms with E-state index in [4.69, 9.17) is 0 Å². The molecule has 4 rings (SSSR count). The van der Waals surface area contributed by atoms with Crippen molar-refractivity contribution in [2.24, 2.45) is 0 Å². The molecule has 6 nitrogen and oxygen atoms in total. The third-order valence-corrected chi connectivity index (χ3v) is 4.80. The van der Waals surface area contributed by atoms with Crippen LogP contribution in [0.2, 0.25) is 0 Å². The first-order valence-electron chi connectivity index (χ1n) is 8.38. The Kier molecular flexibility index (Phi) is 4.81. The number of aromatic amines is 1. The number of aryl methyl sites for hydroxylation is 3. The van der Waals surface area contributed by atoms with E-state index in [1.165, 1.54) is 12.0 Å². The second kappa shape index (κ2) is 6.88. The van der Waals surface area contributed by atoms with Crippen LogP contribution in [0.1, 0.15) is 40.3 Å². The molecule has 1 amide bonds. The van der Waals surface area contributed by atoms with Gasteiger partial charge in [-0.1, -0.05) is 18.2 Å². The first kappa shape index (κ1) is 17.5. The zero-order valence-corrected chi connectivity index (χ0v) is 15.3. The lowest BCUT2D eigenvalue weighted by atomic mass is 10.1. The second-order valence-electron chi connectivity index (χ2n) is 6.47. The summed E-state index contributed by atoms with van der Waals surface area (Å²) in [6, 6.07) is 6.19. The van der Waals surface area contributed by atoms with Crippen molar-refractivity contribution in [3.05, 3.63) is 47.2 Å². The van der Waals surface area contributed by atoms with Gasteiger partial charge in [0.1, 0.15) is 0 Å². The molecule has 3 heterocycles. The minimum atomic E-state index is -0.0505. The van der Waals surface area contributed by atoms with Crippen LogP contribution >= 0.6 is 12.4 Å². The van der Waals surface area contributed by atoms with Crippen LogP contribution in [0.4, 0.5) is 0 Å². The number of hydrogen-bond donors (Lipinski definition) is 1. The molecule has 0 radical (unpaired) electrons. The van der Waals surface area contributed by atoms with Crippen molar-refractivity contribution in [2.45, 2.75) is 39.3 Å². The van der Waals surface area contributed by atoms with Gasteiger partial charge in [0, 0.05) is 19.0 Å². The summed E-state index contributed by atoms with van der Waals surface area (Å²) in [5, 5.41) is 5.62. The Morgan fingerprint density at radius 3 is 2.96 bits per heavy atom. The van der Waals surface area contributed by atoms with Gasteiger partial charge in [-0.2, -0.15) is 5.10 Å². The number of H-pyrrole nitrogens is 1. The smallest absolute Gasteiger partial charge is 0.275 e. The first-order chi connectivity index (χ1) is 11.6. The molecule has 25 heavy (non-hydrogen) atoms. The Morgan fingerprint density at radius 2 is 2.20 bits per heavy atom. The van der Waals surface area contributed by atoms with Crippen molar-refractivity contribution in [1.82, 2.24) is 24.6 Å².